The van der Waals surface area contributed by atoms with Gasteiger partial charge in [0.1, 0.15) is 24.0 Å². The number of rotatable bonds is 3. The number of benzene rings is 1. The summed E-state index contributed by atoms with van der Waals surface area (Å²) in [5.41, 5.74) is 0.900. The standard InChI is InChI=1S/C15H13FN6O/c16-10-3-1-2-4-12(10)22-6-5-11(15(22)23)20-13-9-7-19-21-14(9)18-8-17-13/h1-4,7-8,11H,5-6H2,(H2,17,18,19,20,21). The molecule has 1 aromatic carbocycles. The van der Waals surface area contributed by atoms with Crippen molar-refractivity contribution < 1.29 is 9.18 Å². The first-order valence-electron chi connectivity index (χ1n) is 7.20. The van der Waals surface area contributed by atoms with Gasteiger partial charge in [0.2, 0.25) is 5.91 Å². The highest BCUT2D eigenvalue weighted by Crippen LogP contribution is 2.26. The van der Waals surface area contributed by atoms with Crippen LogP contribution in [0.2, 0.25) is 0 Å². The molecule has 3 aromatic rings. The van der Waals surface area contributed by atoms with E-state index in [4.69, 9.17) is 0 Å². The molecule has 1 aliphatic rings. The number of nitrogens with zero attached hydrogens (tertiary/aromatic N) is 4. The van der Waals surface area contributed by atoms with Crippen molar-refractivity contribution in [3.8, 4) is 0 Å². The van der Waals surface area contributed by atoms with Crippen molar-refractivity contribution in [3.63, 3.8) is 0 Å². The third-order valence-electron chi connectivity index (χ3n) is 3.91. The Labute approximate surface area is 130 Å². The molecule has 1 amide bonds. The van der Waals surface area contributed by atoms with Gasteiger partial charge in [-0.1, -0.05) is 12.1 Å². The number of H-pyrrole nitrogens is 1. The summed E-state index contributed by atoms with van der Waals surface area (Å²) >= 11 is 0. The number of aromatic nitrogens is 4. The van der Waals surface area contributed by atoms with E-state index in [2.05, 4.69) is 25.5 Å². The smallest absolute Gasteiger partial charge is 0.249 e. The number of aromatic amines is 1. The van der Waals surface area contributed by atoms with E-state index in [9.17, 15) is 9.18 Å². The van der Waals surface area contributed by atoms with Gasteiger partial charge in [0.05, 0.1) is 17.3 Å². The minimum Gasteiger partial charge on any atom is -0.358 e. The zero-order chi connectivity index (χ0) is 15.8. The van der Waals surface area contributed by atoms with Crippen LogP contribution in [0.25, 0.3) is 11.0 Å². The molecule has 116 valence electrons. The molecular weight excluding hydrogens is 299 g/mol. The van der Waals surface area contributed by atoms with E-state index in [1.54, 1.807) is 24.4 Å². The highest BCUT2D eigenvalue weighted by atomic mass is 19.1. The Morgan fingerprint density at radius 3 is 3.04 bits per heavy atom. The lowest BCUT2D eigenvalue weighted by Gasteiger charge is -2.18. The van der Waals surface area contributed by atoms with E-state index >= 15 is 0 Å². The fourth-order valence-corrected chi connectivity index (χ4v) is 2.77. The second-order valence-corrected chi connectivity index (χ2v) is 5.28. The van der Waals surface area contributed by atoms with Gasteiger partial charge in [-0.15, -0.1) is 0 Å². The molecule has 0 bridgehead atoms. The minimum absolute atomic E-state index is 0.176. The van der Waals surface area contributed by atoms with Gasteiger partial charge in [-0.3, -0.25) is 9.89 Å². The lowest BCUT2D eigenvalue weighted by Crippen LogP contribution is -2.34. The molecule has 4 rings (SSSR count). The summed E-state index contributed by atoms with van der Waals surface area (Å²) in [5, 5.41) is 10.5. The maximum atomic E-state index is 13.9. The molecule has 1 saturated heterocycles. The van der Waals surface area contributed by atoms with Crippen molar-refractivity contribution in [2.45, 2.75) is 12.5 Å². The van der Waals surface area contributed by atoms with E-state index in [0.717, 1.165) is 0 Å². The van der Waals surface area contributed by atoms with Gasteiger partial charge in [-0.2, -0.15) is 5.10 Å². The molecular formula is C15H13FN6O. The number of nitrogens with one attached hydrogen (secondary N) is 2. The maximum Gasteiger partial charge on any atom is 0.249 e. The monoisotopic (exact) mass is 312 g/mol. The third-order valence-corrected chi connectivity index (χ3v) is 3.91. The van der Waals surface area contributed by atoms with Gasteiger partial charge in [-0.25, -0.2) is 14.4 Å². The van der Waals surface area contributed by atoms with Gasteiger partial charge >= 0.3 is 0 Å². The van der Waals surface area contributed by atoms with Crippen LogP contribution >= 0.6 is 0 Å². The number of halogens is 1. The molecule has 2 N–H and O–H groups in total. The maximum absolute atomic E-state index is 13.9. The zero-order valence-electron chi connectivity index (χ0n) is 12.0. The van der Waals surface area contributed by atoms with Gasteiger partial charge in [0.15, 0.2) is 5.65 Å². The van der Waals surface area contributed by atoms with Gasteiger partial charge in [-0.05, 0) is 18.6 Å². The first-order chi connectivity index (χ1) is 11.2. The topological polar surface area (TPSA) is 86.8 Å². The number of carbonyl (C=O) groups excluding carboxylic acids is 1. The lowest BCUT2D eigenvalue weighted by molar-refractivity contribution is -0.117. The molecule has 1 atom stereocenters. The number of fused-ring (bicyclic) bond motifs is 1. The molecule has 0 saturated carbocycles. The molecule has 23 heavy (non-hydrogen) atoms. The minimum atomic E-state index is -0.456. The van der Waals surface area contributed by atoms with Crippen molar-refractivity contribution >= 4 is 28.4 Å². The van der Waals surface area contributed by atoms with Crippen LogP contribution in [0.3, 0.4) is 0 Å². The predicted molar refractivity (Wildman–Crippen MR) is 82.5 cm³/mol. The summed E-state index contributed by atoms with van der Waals surface area (Å²) in [5.74, 6) is -0.0383. The average molecular weight is 312 g/mol. The van der Waals surface area contributed by atoms with Crippen molar-refractivity contribution in [2.75, 3.05) is 16.8 Å². The van der Waals surface area contributed by atoms with E-state index in [1.807, 2.05) is 0 Å². The molecule has 0 aliphatic carbocycles. The Kier molecular flexibility index (Phi) is 3.14. The van der Waals surface area contributed by atoms with E-state index in [-0.39, 0.29) is 5.91 Å². The Balaban J connectivity index is 1.59. The second kappa shape index (κ2) is 5.31. The average Bonchev–Trinajstić information content (AvgIpc) is 3.17. The van der Waals surface area contributed by atoms with Crippen LogP contribution < -0.4 is 10.2 Å². The number of carbonyl (C=O) groups is 1. The summed E-state index contributed by atoms with van der Waals surface area (Å²) < 4.78 is 13.9. The fourth-order valence-electron chi connectivity index (χ4n) is 2.77. The van der Waals surface area contributed by atoms with Crippen molar-refractivity contribution in [1.82, 2.24) is 20.2 Å². The largest absolute Gasteiger partial charge is 0.358 e. The Bertz CT molecular complexity index is 879. The summed E-state index contributed by atoms with van der Waals surface area (Å²) in [6, 6.07) is 5.82. The molecule has 0 radical (unpaired) electrons. The highest BCUT2D eigenvalue weighted by molar-refractivity contribution is 6.02. The quantitative estimate of drug-likeness (QED) is 0.769. The number of anilines is 2. The van der Waals surface area contributed by atoms with Crippen LogP contribution in [-0.4, -0.2) is 38.7 Å². The van der Waals surface area contributed by atoms with Gasteiger partial charge in [0.25, 0.3) is 0 Å². The number of hydrogen-bond acceptors (Lipinski definition) is 5. The SMILES string of the molecule is O=C1C(Nc2ncnc3[nH]ncc23)CCN1c1ccccc1F. The molecule has 3 heterocycles. The fraction of sp³-hybridized carbons (Fsp3) is 0.200. The summed E-state index contributed by atoms with van der Waals surface area (Å²) in [6.45, 7) is 0.455. The molecule has 0 spiro atoms. The molecule has 2 aromatic heterocycles. The Morgan fingerprint density at radius 2 is 2.17 bits per heavy atom. The van der Waals surface area contributed by atoms with E-state index < -0.39 is 11.9 Å². The second-order valence-electron chi connectivity index (χ2n) is 5.28. The Morgan fingerprint density at radius 1 is 1.30 bits per heavy atom. The number of hydrogen-bond donors (Lipinski definition) is 2. The van der Waals surface area contributed by atoms with Crippen molar-refractivity contribution in [2.24, 2.45) is 0 Å². The molecule has 1 aliphatic heterocycles. The number of para-hydroxylation sites is 1. The predicted octanol–water partition coefficient (Wildman–Crippen LogP) is 1.71. The molecule has 7 nitrogen and oxygen atoms in total. The van der Waals surface area contributed by atoms with Gasteiger partial charge < -0.3 is 10.2 Å². The molecule has 1 fully saturated rings. The van der Waals surface area contributed by atoms with Crippen LogP contribution in [0, 0.1) is 5.82 Å². The lowest BCUT2D eigenvalue weighted by atomic mass is 10.2. The first kappa shape index (κ1) is 13.6. The summed E-state index contributed by atoms with van der Waals surface area (Å²) in [4.78, 5) is 22.2. The van der Waals surface area contributed by atoms with Crippen molar-refractivity contribution in [3.05, 3.63) is 42.6 Å². The molecule has 8 heteroatoms. The van der Waals surface area contributed by atoms with Crippen molar-refractivity contribution in [1.29, 1.82) is 0 Å². The van der Waals surface area contributed by atoms with E-state index in [0.29, 0.717) is 35.5 Å². The summed E-state index contributed by atoms with van der Waals surface area (Å²) in [6.07, 6.45) is 3.57. The zero-order valence-corrected chi connectivity index (χ0v) is 12.0. The Hall–Kier alpha value is -3.03. The van der Waals surface area contributed by atoms with Crippen LogP contribution in [-0.2, 0) is 4.79 Å². The van der Waals surface area contributed by atoms with Crippen LogP contribution in [0.4, 0.5) is 15.9 Å². The van der Waals surface area contributed by atoms with Crippen LogP contribution in [0.1, 0.15) is 6.42 Å². The summed E-state index contributed by atoms with van der Waals surface area (Å²) in [7, 11) is 0. The van der Waals surface area contributed by atoms with Gasteiger partial charge in [0, 0.05) is 6.54 Å². The van der Waals surface area contributed by atoms with Crippen LogP contribution in [0.5, 0.6) is 0 Å². The normalized spacial score (nSPS) is 17.9. The molecule has 1 unspecified atom stereocenters. The third kappa shape index (κ3) is 2.28. The number of amides is 1. The van der Waals surface area contributed by atoms with Crippen LogP contribution in [0.15, 0.2) is 36.8 Å². The van der Waals surface area contributed by atoms with E-state index in [1.165, 1.54) is 17.3 Å². The first-order valence-corrected chi connectivity index (χ1v) is 7.20. The highest BCUT2D eigenvalue weighted by Gasteiger charge is 2.34.